The molecular weight excluding hydrogens is 815 g/mol. The van der Waals surface area contributed by atoms with Crippen molar-refractivity contribution < 1.29 is 46.8 Å². The molecule has 0 spiro atoms. The standard InChI is InChI=1S/C31H36N2.C9H3F6N.C3H8.C2H6.CH3.Pd/c1-8-13-21(2)31(6,7)20-32-28-23-16-11-14-22-15-12-17-24(27(22)23)29(28)33-26-19-10-9-18-25(26)30(3,4)5;10-8(11,12)6-1-5(4-16)2-7(3-6)9(13,14)15;1-3-2;1-2;;/h8-19,21H,20H2,1-7H3;1-3H;3H2,1-2H3;1-2H3;1H3;/q;;;;-1;/b13-8-,32-28?,33-29?;;;;;. The van der Waals surface area contributed by atoms with Gasteiger partial charge in [-0.2, -0.15) is 31.6 Å². The molecule has 5 rings (SSSR count). The minimum atomic E-state index is -4.91. The Balaban J connectivity index is 0.00000111. The SMILES string of the molecule is C/C=C\C(C)C(C)(C)CN=C1C(=Nc2ccccc2C(C)(C)C)c2cccc3cccc1c23.CC.CCC.N#Cc1cc(C(F)(F)F)cc(C(F)(F)F)c1.[CH3-].[Pd]. The number of nitriles is 1. The molecule has 0 aromatic heterocycles. The molecule has 4 aromatic carbocycles. The molecule has 0 saturated carbocycles. The summed E-state index contributed by atoms with van der Waals surface area (Å²) in [6.45, 7) is 24.7. The first-order valence-corrected chi connectivity index (χ1v) is 18.3. The van der Waals surface area contributed by atoms with E-state index in [1.165, 1.54) is 40.0 Å². The van der Waals surface area contributed by atoms with E-state index in [0.29, 0.717) is 18.1 Å². The zero-order valence-corrected chi connectivity index (χ0v) is 36.1. The summed E-state index contributed by atoms with van der Waals surface area (Å²) in [6, 6.07) is 23.5. The van der Waals surface area contributed by atoms with Gasteiger partial charge in [0.15, 0.2) is 0 Å². The minimum Gasteiger partial charge on any atom is -0.358 e. The minimum absolute atomic E-state index is 0. The van der Waals surface area contributed by atoms with Gasteiger partial charge < -0.3 is 7.43 Å². The van der Waals surface area contributed by atoms with Crippen LogP contribution in [0.15, 0.2) is 101 Å². The van der Waals surface area contributed by atoms with Crippen molar-refractivity contribution in [2.75, 3.05) is 6.54 Å². The Bertz CT molecular complexity index is 1950. The van der Waals surface area contributed by atoms with Crippen molar-refractivity contribution in [2.45, 2.75) is 100 Å². The van der Waals surface area contributed by atoms with Gasteiger partial charge in [0.25, 0.3) is 0 Å². The summed E-state index contributed by atoms with van der Waals surface area (Å²) in [5.74, 6) is 0.438. The van der Waals surface area contributed by atoms with Crippen LogP contribution in [0.2, 0.25) is 0 Å². The maximum atomic E-state index is 12.2. The van der Waals surface area contributed by atoms with Crippen LogP contribution >= 0.6 is 0 Å². The molecule has 3 nitrogen and oxygen atoms in total. The number of halogens is 6. The zero-order chi connectivity index (χ0) is 41.1. The van der Waals surface area contributed by atoms with E-state index in [1.807, 2.05) is 13.8 Å². The van der Waals surface area contributed by atoms with E-state index >= 15 is 0 Å². The Morgan fingerprint density at radius 1 is 0.750 bits per heavy atom. The fourth-order valence-electron chi connectivity index (χ4n) is 5.59. The number of allylic oxidation sites excluding steroid dienone is 2. The third-order valence-corrected chi connectivity index (χ3v) is 8.66. The summed E-state index contributed by atoms with van der Waals surface area (Å²) in [6.07, 6.45) is -4.15. The molecule has 0 amide bonds. The normalized spacial score (nSPS) is 14.3. The third-order valence-electron chi connectivity index (χ3n) is 8.66. The van der Waals surface area contributed by atoms with E-state index in [4.69, 9.17) is 15.2 Å². The number of para-hydroxylation sites is 1. The second-order valence-electron chi connectivity index (χ2n) is 14.5. The van der Waals surface area contributed by atoms with Gasteiger partial charge in [-0.05, 0) is 58.9 Å². The van der Waals surface area contributed by atoms with E-state index in [-0.39, 0.29) is 44.7 Å². The molecular formula is C46H56F6N3Pd-. The van der Waals surface area contributed by atoms with Crippen molar-refractivity contribution in [3.05, 3.63) is 132 Å². The van der Waals surface area contributed by atoms with Gasteiger partial charge in [0.2, 0.25) is 0 Å². The first-order chi connectivity index (χ1) is 25.2. The molecule has 1 aliphatic rings. The molecule has 4 aromatic rings. The molecule has 0 aliphatic heterocycles. The molecule has 1 atom stereocenters. The molecule has 56 heavy (non-hydrogen) atoms. The van der Waals surface area contributed by atoms with Crippen LogP contribution in [-0.4, -0.2) is 18.0 Å². The number of alkyl halides is 6. The Kier molecular flexibility index (Phi) is 20.4. The Morgan fingerprint density at radius 3 is 1.68 bits per heavy atom. The monoisotopic (exact) mass is 870 g/mol. The molecule has 1 unspecified atom stereocenters. The molecule has 0 fully saturated rings. The summed E-state index contributed by atoms with van der Waals surface area (Å²) in [7, 11) is 0. The number of rotatable bonds is 5. The first kappa shape index (κ1) is 52.0. The van der Waals surface area contributed by atoms with Crippen molar-refractivity contribution in [1.29, 1.82) is 5.26 Å². The van der Waals surface area contributed by atoms with Crippen LogP contribution in [0.3, 0.4) is 0 Å². The summed E-state index contributed by atoms with van der Waals surface area (Å²) >= 11 is 0. The molecule has 0 heterocycles. The van der Waals surface area contributed by atoms with Crippen LogP contribution < -0.4 is 0 Å². The maximum absolute atomic E-state index is 12.2. The van der Waals surface area contributed by atoms with Gasteiger partial charge in [0.1, 0.15) is 0 Å². The van der Waals surface area contributed by atoms with E-state index in [2.05, 4.69) is 135 Å². The third kappa shape index (κ3) is 13.6. The van der Waals surface area contributed by atoms with Gasteiger partial charge in [-0.3, -0.25) is 4.99 Å². The average Bonchev–Trinajstić information content (AvgIpc) is 3.41. The van der Waals surface area contributed by atoms with Crippen LogP contribution in [0.4, 0.5) is 32.0 Å². The number of nitrogens with zero attached hydrogens (tertiary/aromatic N) is 3. The van der Waals surface area contributed by atoms with Gasteiger partial charge in [0, 0.05) is 43.5 Å². The van der Waals surface area contributed by atoms with Crippen LogP contribution in [0.1, 0.15) is 116 Å². The summed E-state index contributed by atoms with van der Waals surface area (Å²) in [5.41, 5.74) is 3.09. The predicted octanol–water partition coefficient (Wildman–Crippen LogP) is 14.8. The number of hydrogen-bond acceptors (Lipinski definition) is 3. The maximum Gasteiger partial charge on any atom is 0.416 e. The average molecular weight is 871 g/mol. The smallest absolute Gasteiger partial charge is 0.358 e. The van der Waals surface area contributed by atoms with Gasteiger partial charge >= 0.3 is 12.4 Å². The molecule has 1 aliphatic carbocycles. The van der Waals surface area contributed by atoms with E-state index < -0.39 is 29.0 Å². The zero-order valence-electron chi connectivity index (χ0n) is 34.6. The number of hydrogen-bond donors (Lipinski definition) is 0. The van der Waals surface area contributed by atoms with Crippen molar-refractivity contribution in [3.8, 4) is 6.07 Å². The largest absolute Gasteiger partial charge is 0.416 e. The second-order valence-corrected chi connectivity index (χ2v) is 14.5. The number of aliphatic imine (C=N–C) groups is 2. The van der Waals surface area contributed by atoms with Crippen LogP contribution in [0.25, 0.3) is 10.8 Å². The van der Waals surface area contributed by atoms with Crippen molar-refractivity contribution in [1.82, 2.24) is 0 Å². The molecule has 0 bridgehead atoms. The Morgan fingerprint density at radius 2 is 1.23 bits per heavy atom. The van der Waals surface area contributed by atoms with Crippen LogP contribution in [0, 0.1) is 30.1 Å². The Labute approximate surface area is 344 Å². The van der Waals surface area contributed by atoms with Crippen LogP contribution in [-0.2, 0) is 38.2 Å². The molecule has 10 heteroatoms. The summed E-state index contributed by atoms with van der Waals surface area (Å²) in [4.78, 5) is 10.6. The quantitative estimate of drug-likeness (QED) is 0.0853. The fraction of sp³-hybridized carbons (Fsp3) is 0.391. The molecule has 308 valence electrons. The molecule has 0 N–H and O–H groups in total. The van der Waals surface area contributed by atoms with Crippen molar-refractivity contribution in [2.24, 2.45) is 21.3 Å². The van der Waals surface area contributed by atoms with Gasteiger partial charge in [0.05, 0.1) is 39.9 Å². The van der Waals surface area contributed by atoms with Gasteiger partial charge in [-0.25, -0.2) is 4.99 Å². The van der Waals surface area contributed by atoms with Crippen molar-refractivity contribution >= 4 is 27.9 Å². The van der Waals surface area contributed by atoms with Gasteiger partial charge in [-0.15, -0.1) is 0 Å². The predicted molar refractivity (Wildman–Crippen MR) is 219 cm³/mol. The summed E-state index contributed by atoms with van der Waals surface area (Å²) in [5, 5.41) is 10.8. The van der Waals surface area contributed by atoms with Gasteiger partial charge in [-0.1, -0.05) is 142 Å². The topological polar surface area (TPSA) is 48.5 Å². The van der Waals surface area contributed by atoms with E-state index in [9.17, 15) is 26.3 Å². The molecule has 0 radical (unpaired) electrons. The fourth-order valence-corrected chi connectivity index (χ4v) is 5.59. The Hall–Kier alpha value is -4.05. The first-order valence-electron chi connectivity index (χ1n) is 18.3. The van der Waals surface area contributed by atoms with Crippen LogP contribution in [0.5, 0.6) is 0 Å². The summed E-state index contributed by atoms with van der Waals surface area (Å²) < 4.78 is 73.2. The van der Waals surface area contributed by atoms with E-state index in [1.54, 1.807) is 0 Å². The number of benzene rings is 4. The van der Waals surface area contributed by atoms with Crippen molar-refractivity contribution in [3.63, 3.8) is 0 Å². The second kappa shape index (κ2) is 22.0. The van der Waals surface area contributed by atoms with E-state index in [0.717, 1.165) is 23.7 Å². The molecule has 0 saturated heterocycles.